The average Bonchev–Trinajstić information content (AvgIpc) is 3.51. The van der Waals surface area contributed by atoms with E-state index in [9.17, 15) is 19.8 Å². The van der Waals surface area contributed by atoms with Crippen LogP contribution in [-0.2, 0) is 25.4 Å². The summed E-state index contributed by atoms with van der Waals surface area (Å²) in [5, 5.41) is 21.7. The Labute approximate surface area is 189 Å². The summed E-state index contributed by atoms with van der Waals surface area (Å²) in [6.45, 7) is -0.329. The van der Waals surface area contributed by atoms with E-state index in [1.807, 2.05) is 4.58 Å². The number of ether oxygens (including phenoxy) is 1. The Hall–Kier alpha value is -2.99. The Morgan fingerprint density at radius 2 is 2.06 bits per heavy atom. The number of furan rings is 1. The highest BCUT2D eigenvalue weighted by Crippen LogP contribution is 2.39. The molecule has 10 nitrogen and oxygen atoms in total. The van der Waals surface area contributed by atoms with Gasteiger partial charge in [-0.1, -0.05) is 0 Å². The minimum Gasteiger partial charge on any atom is -0.472 e. The van der Waals surface area contributed by atoms with Crippen LogP contribution < -0.4 is 11.2 Å². The van der Waals surface area contributed by atoms with Crippen LogP contribution in [0.3, 0.4) is 0 Å². The molecule has 0 fully saturated rings. The van der Waals surface area contributed by atoms with Crippen molar-refractivity contribution in [3.8, 4) is 0 Å². The second-order valence-corrected chi connectivity index (χ2v) is 8.63. The van der Waals surface area contributed by atoms with Gasteiger partial charge in [0.15, 0.2) is 28.6 Å². The fourth-order valence-electron chi connectivity index (χ4n) is 4.00. The van der Waals surface area contributed by atoms with Gasteiger partial charge >= 0.3 is 5.69 Å². The zero-order chi connectivity index (χ0) is 22.7. The molecule has 0 spiro atoms. The van der Waals surface area contributed by atoms with Crippen LogP contribution in [0, 0.1) is 0 Å². The molecule has 2 N–H and O–H groups in total. The Morgan fingerprint density at radius 3 is 2.69 bits per heavy atom. The van der Waals surface area contributed by atoms with Gasteiger partial charge in [-0.3, -0.25) is 13.9 Å². The highest BCUT2D eigenvalue weighted by Gasteiger charge is 2.49. The lowest BCUT2D eigenvalue weighted by molar-refractivity contribution is -0.449. The van der Waals surface area contributed by atoms with Crippen molar-refractivity contribution in [2.24, 2.45) is 14.1 Å². The zero-order valence-electron chi connectivity index (χ0n) is 17.0. The van der Waals surface area contributed by atoms with E-state index in [0.29, 0.717) is 33.6 Å². The van der Waals surface area contributed by atoms with Gasteiger partial charge in [-0.25, -0.2) is 9.78 Å². The van der Waals surface area contributed by atoms with Gasteiger partial charge in [0.25, 0.3) is 17.0 Å². The van der Waals surface area contributed by atoms with E-state index in [1.54, 1.807) is 24.6 Å². The van der Waals surface area contributed by atoms with Crippen molar-refractivity contribution >= 4 is 40.1 Å². The topological polar surface area (TPSA) is 123 Å². The number of aliphatic hydroxyl groups is 2. The lowest BCUT2D eigenvalue weighted by Crippen LogP contribution is -2.41. The number of aromatic nitrogens is 3. The third-order valence-corrected chi connectivity index (χ3v) is 6.57. The van der Waals surface area contributed by atoms with Gasteiger partial charge < -0.3 is 19.4 Å². The van der Waals surface area contributed by atoms with Crippen LogP contribution in [0.1, 0.15) is 27.7 Å². The van der Waals surface area contributed by atoms with Gasteiger partial charge in [0.05, 0.1) is 18.9 Å². The highest BCUT2D eigenvalue weighted by atomic mass is 35.5. The number of hydrogen-bond donors (Lipinski definition) is 2. The normalized spacial score (nSPS) is 17.6. The lowest BCUT2D eigenvalue weighted by atomic mass is 10.1. The Balaban J connectivity index is 1.94. The smallest absolute Gasteiger partial charge is 0.331 e. The number of fused-ring (bicyclic) bond motifs is 3. The van der Waals surface area contributed by atoms with Crippen molar-refractivity contribution < 1.29 is 23.9 Å². The first kappa shape index (κ1) is 20.9. The van der Waals surface area contributed by atoms with Crippen molar-refractivity contribution in [3.63, 3.8) is 0 Å². The van der Waals surface area contributed by atoms with Gasteiger partial charge in [-0.15, -0.1) is 11.3 Å². The molecule has 2 aliphatic rings. The number of thiazole rings is 1. The number of nitrogens with zero attached hydrogens (tertiary/aromatic N) is 4. The van der Waals surface area contributed by atoms with Gasteiger partial charge in [0.1, 0.15) is 11.3 Å². The maximum absolute atomic E-state index is 13.3. The molecule has 1 atom stereocenters. The molecular weight excluding hydrogens is 460 g/mol. The number of rotatable bonds is 4. The minimum atomic E-state index is -0.639. The SMILES string of the molecule is Cn1c2c(c(=O)n(C)c1=O)C(c1nc(CO)cs1)=[N+]1C[C@@H](CO)OC(c3ccc(Cl)o3)=C21. The summed E-state index contributed by atoms with van der Waals surface area (Å²) in [5.41, 5.74) is 1.03. The number of halogens is 1. The molecule has 0 radical (unpaired) electrons. The third-order valence-electron chi connectivity index (χ3n) is 5.47. The number of aliphatic hydroxyl groups excluding tert-OH is 2. The molecule has 32 heavy (non-hydrogen) atoms. The van der Waals surface area contributed by atoms with Gasteiger partial charge in [-0.2, -0.15) is 4.58 Å². The fraction of sp³-hybridized carbons (Fsp3) is 0.300. The summed E-state index contributed by atoms with van der Waals surface area (Å²) in [6, 6.07) is 3.17. The molecule has 0 saturated carbocycles. The summed E-state index contributed by atoms with van der Waals surface area (Å²) in [7, 11) is 2.98. The Bertz CT molecular complexity index is 1440. The van der Waals surface area contributed by atoms with E-state index < -0.39 is 17.4 Å². The quantitative estimate of drug-likeness (QED) is 0.520. The first-order valence-electron chi connectivity index (χ1n) is 9.64. The first-order chi connectivity index (χ1) is 15.3. The second-order valence-electron chi connectivity index (χ2n) is 7.39. The largest absolute Gasteiger partial charge is 0.472 e. The monoisotopic (exact) mass is 477 g/mol. The maximum Gasteiger partial charge on any atom is 0.331 e. The van der Waals surface area contributed by atoms with Crippen LogP contribution in [0.4, 0.5) is 0 Å². The summed E-state index contributed by atoms with van der Waals surface area (Å²) in [5.74, 6) is 0.546. The second kappa shape index (κ2) is 7.55. The van der Waals surface area contributed by atoms with Crippen molar-refractivity contribution in [1.29, 1.82) is 0 Å². The average molecular weight is 478 g/mol. The molecule has 3 aromatic rings. The van der Waals surface area contributed by atoms with E-state index in [-0.39, 0.29) is 36.3 Å². The summed E-state index contributed by atoms with van der Waals surface area (Å²) in [4.78, 5) is 30.6. The Morgan fingerprint density at radius 1 is 1.28 bits per heavy atom. The van der Waals surface area contributed by atoms with E-state index in [0.717, 1.165) is 4.57 Å². The predicted molar refractivity (Wildman–Crippen MR) is 116 cm³/mol. The fourth-order valence-corrected chi connectivity index (χ4v) is 5.02. The molecule has 5 rings (SSSR count). The van der Waals surface area contributed by atoms with Crippen molar-refractivity contribution in [2.75, 3.05) is 13.2 Å². The van der Waals surface area contributed by atoms with E-state index in [4.69, 9.17) is 20.8 Å². The molecule has 0 aliphatic carbocycles. The molecule has 166 valence electrons. The Kier molecular flexibility index (Phi) is 4.93. The van der Waals surface area contributed by atoms with E-state index in [2.05, 4.69) is 4.98 Å². The van der Waals surface area contributed by atoms with E-state index in [1.165, 1.54) is 23.0 Å². The molecule has 0 amide bonds. The zero-order valence-corrected chi connectivity index (χ0v) is 18.6. The van der Waals surface area contributed by atoms with Crippen LogP contribution in [0.5, 0.6) is 0 Å². The van der Waals surface area contributed by atoms with Gasteiger partial charge in [0.2, 0.25) is 5.76 Å². The van der Waals surface area contributed by atoms with E-state index >= 15 is 0 Å². The third kappa shape index (κ3) is 2.93. The predicted octanol–water partition coefficient (Wildman–Crippen LogP) is 0.360. The molecule has 0 unspecified atom stereocenters. The summed E-state index contributed by atoms with van der Waals surface area (Å²) >= 11 is 7.25. The van der Waals surface area contributed by atoms with Crippen molar-refractivity contribution in [3.05, 3.63) is 71.3 Å². The van der Waals surface area contributed by atoms with Crippen LogP contribution in [0.25, 0.3) is 11.5 Å². The highest BCUT2D eigenvalue weighted by molar-refractivity contribution is 7.12. The van der Waals surface area contributed by atoms with Gasteiger partial charge in [0, 0.05) is 19.5 Å². The van der Waals surface area contributed by atoms with Crippen LogP contribution >= 0.6 is 22.9 Å². The lowest BCUT2D eigenvalue weighted by Gasteiger charge is -2.22. The summed E-state index contributed by atoms with van der Waals surface area (Å²) in [6.07, 6.45) is -0.639. The molecule has 12 heteroatoms. The molecule has 0 bridgehead atoms. The summed E-state index contributed by atoms with van der Waals surface area (Å²) < 4.78 is 15.8. The molecule has 0 saturated heterocycles. The van der Waals surface area contributed by atoms with Crippen LogP contribution in [0.15, 0.2) is 31.5 Å². The minimum absolute atomic E-state index is 0.141. The standard InChI is InChI=1S/C20H18ClN4O6S/c1-23-14-13(19(28)24(2)20(23)29)15(18-22-9(6-26)8-32-18)25-5-10(7-27)30-17(16(14)25)11-3-4-12(21)31-11/h3-4,8,10,26-27H,5-7H2,1-2H3/q+1/t10-/m0/s1. The van der Waals surface area contributed by atoms with Crippen molar-refractivity contribution in [2.45, 2.75) is 12.7 Å². The molecule has 2 aliphatic heterocycles. The maximum atomic E-state index is 13.3. The van der Waals surface area contributed by atoms with Crippen molar-refractivity contribution in [1.82, 2.24) is 14.1 Å². The van der Waals surface area contributed by atoms with Crippen LogP contribution in [0.2, 0.25) is 5.22 Å². The van der Waals surface area contributed by atoms with Gasteiger partial charge in [-0.05, 0) is 23.7 Å². The molecular formula is C20H18ClN4O6S+. The number of hydrogen-bond acceptors (Lipinski definition) is 8. The van der Waals surface area contributed by atoms with Crippen LogP contribution in [-0.4, -0.2) is 53.9 Å². The molecule has 5 heterocycles. The molecule has 3 aromatic heterocycles. The molecule has 0 aromatic carbocycles. The first-order valence-corrected chi connectivity index (χ1v) is 10.9.